The van der Waals surface area contributed by atoms with Crippen molar-refractivity contribution in [3.63, 3.8) is 0 Å². The Morgan fingerprint density at radius 3 is 2.70 bits per heavy atom. The van der Waals surface area contributed by atoms with Gasteiger partial charge in [0.2, 0.25) is 11.1 Å². The third-order valence-corrected chi connectivity index (χ3v) is 3.74. The van der Waals surface area contributed by atoms with E-state index in [0.717, 1.165) is 5.69 Å². The van der Waals surface area contributed by atoms with E-state index in [0.29, 0.717) is 23.2 Å². The number of hydrogen-bond acceptors (Lipinski definition) is 6. The fourth-order valence-corrected chi connectivity index (χ4v) is 2.43. The lowest BCUT2D eigenvalue weighted by atomic mass is 10.3. The predicted octanol–water partition coefficient (Wildman–Crippen LogP) is 1.67. The summed E-state index contributed by atoms with van der Waals surface area (Å²) >= 11 is 1.27. The van der Waals surface area contributed by atoms with Gasteiger partial charge in [-0.3, -0.25) is 19.9 Å². The van der Waals surface area contributed by atoms with Crippen molar-refractivity contribution in [1.29, 1.82) is 0 Å². The molecule has 8 heteroatoms. The first kappa shape index (κ1) is 15.2. The Morgan fingerprint density at radius 1 is 1.13 bits per heavy atom. The minimum absolute atomic E-state index is 0.0927. The lowest BCUT2D eigenvalue weighted by molar-refractivity contribution is -0.118. The molecule has 7 nitrogen and oxygen atoms in total. The van der Waals surface area contributed by atoms with E-state index in [1.165, 1.54) is 11.8 Å². The molecule has 0 fully saturated rings. The summed E-state index contributed by atoms with van der Waals surface area (Å²) in [5, 5.41) is 10.2. The van der Waals surface area contributed by atoms with Crippen molar-refractivity contribution < 1.29 is 4.79 Å². The van der Waals surface area contributed by atoms with E-state index in [1.54, 1.807) is 12.4 Å². The van der Waals surface area contributed by atoms with Gasteiger partial charge >= 0.3 is 0 Å². The van der Waals surface area contributed by atoms with Gasteiger partial charge in [0.05, 0.1) is 18.0 Å². The summed E-state index contributed by atoms with van der Waals surface area (Å²) in [7, 11) is 0. The van der Waals surface area contributed by atoms with Crippen LogP contribution in [-0.2, 0) is 11.3 Å². The van der Waals surface area contributed by atoms with Crippen molar-refractivity contribution in [3.05, 3.63) is 54.5 Å². The van der Waals surface area contributed by atoms with Crippen LogP contribution in [0.5, 0.6) is 0 Å². The molecule has 0 bridgehead atoms. The number of aromatic nitrogens is 5. The zero-order chi connectivity index (χ0) is 15.9. The van der Waals surface area contributed by atoms with Gasteiger partial charge in [0.1, 0.15) is 5.69 Å². The van der Waals surface area contributed by atoms with Crippen LogP contribution in [0.25, 0.3) is 11.5 Å². The van der Waals surface area contributed by atoms with E-state index >= 15 is 0 Å². The smallest absolute Gasteiger partial charge is 0.230 e. The van der Waals surface area contributed by atoms with Gasteiger partial charge in [-0.1, -0.05) is 23.9 Å². The number of carbonyl (C=O) groups excluding carboxylic acids is 1. The molecule has 2 N–H and O–H groups in total. The number of thioether (sulfide) groups is 1. The van der Waals surface area contributed by atoms with E-state index in [4.69, 9.17) is 0 Å². The average molecular weight is 326 g/mol. The SMILES string of the molecule is O=C(CSc1n[nH]c(-c2ccccn2)n1)NCc1ccccn1. The molecule has 3 heterocycles. The third kappa shape index (κ3) is 4.36. The molecule has 0 saturated carbocycles. The highest BCUT2D eigenvalue weighted by molar-refractivity contribution is 7.99. The third-order valence-electron chi connectivity index (χ3n) is 2.90. The zero-order valence-electron chi connectivity index (χ0n) is 12.1. The topological polar surface area (TPSA) is 96.5 Å². The summed E-state index contributed by atoms with van der Waals surface area (Å²) < 4.78 is 0. The molecule has 3 rings (SSSR count). The Balaban J connectivity index is 1.49. The van der Waals surface area contributed by atoms with Crippen molar-refractivity contribution in [2.45, 2.75) is 11.7 Å². The molecule has 0 aliphatic carbocycles. The molecule has 0 spiro atoms. The van der Waals surface area contributed by atoms with Gasteiger partial charge < -0.3 is 5.32 Å². The van der Waals surface area contributed by atoms with Crippen LogP contribution in [0, 0.1) is 0 Å². The van der Waals surface area contributed by atoms with Crippen LogP contribution in [0.4, 0.5) is 0 Å². The van der Waals surface area contributed by atoms with E-state index in [9.17, 15) is 4.79 Å². The summed E-state index contributed by atoms with van der Waals surface area (Å²) in [5.74, 6) is 0.735. The summed E-state index contributed by atoms with van der Waals surface area (Å²) in [5.41, 5.74) is 1.53. The Hall–Kier alpha value is -2.74. The maximum Gasteiger partial charge on any atom is 0.230 e. The second-order valence-corrected chi connectivity index (χ2v) is 5.51. The molecule has 3 aromatic heterocycles. The number of aromatic amines is 1. The highest BCUT2D eigenvalue weighted by Crippen LogP contribution is 2.16. The lowest BCUT2D eigenvalue weighted by Gasteiger charge is -2.03. The molecule has 0 aliphatic rings. The molecule has 0 atom stereocenters. The maximum atomic E-state index is 11.8. The van der Waals surface area contributed by atoms with Crippen LogP contribution in [-0.4, -0.2) is 36.8 Å². The van der Waals surface area contributed by atoms with Gasteiger partial charge in [-0.05, 0) is 24.3 Å². The Kier molecular flexibility index (Phi) is 4.95. The van der Waals surface area contributed by atoms with Crippen molar-refractivity contribution >= 4 is 17.7 Å². The van der Waals surface area contributed by atoms with Crippen LogP contribution in [0.2, 0.25) is 0 Å². The standard InChI is InChI=1S/C15H14N6OS/c22-13(18-9-11-5-1-3-7-16-11)10-23-15-19-14(20-21-15)12-6-2-4-8-17-12/h1-8H,9-10H2,(H,18,22)(H,19,20,21). The molecular weight excluding hydrogens is 312 g/mol. The summed E-state index contributed by atoms with van der Waals surface area (Å²) in [6.07, 6.45) is 3.39. The maximum absolute atomic E-state index is 11.8. The van der Waals surface area contributed by atoms with Gasteiger partial charge in [0.25, 0.3) is 0 Å². The quantitative estimate of drug-likeness (QED) is 0.669. The highest BCUT2D eigenvalue weighted by atomic mass is 32.2. The number of hydrogen-bond donors (Lipinski definition) is 2. The first-order chi connectivity index (χ1) is 11.3. The Bertz CT molecular complexity index is 762. The average Bonchev–Trinajstić information content (AvgIpc) is 3.09. The zero-order valence-corrected chi connectivity index (χ0v) is 13.0. The fraction of sp³-hybridized carbons (Fsp3) is 0.133. The monoisotopic (exact) mass is 326 g/mol. The molecule has 0 saturated heterocycles. The lowest BCUT2D eigenvalue weighted by Crippen LogP contribution is -2.25. The van der Waals surface area contributed by atoms with Crippen molar-refractivity contribution in [1.82, 2.24) is 30.5 Å². The first-order valence-electron chi connectivity index (χ1n) is 6.94. The number of pyridine rings is 2. The number of carbonyl (C=O) groups is 1. The van der Waals surface area contributed by atoms with Crippen LogP contribution in [0.1, 0.15) is 5.69 Å². The van der Waals surface area contributed by atoms with Crippen molar-refractivity contribution in [2.24, 2.45) is 0 Å². The second-order valence-electron chi connectivity index (χ2n) is 4.57. The largest absolute Gasteiger partial charge is 0.350 e. The molecule has 3 aromatic rings. The van der Waals surface area contributed by atoms with Crippen LogP contribution in [0.15, 0.2) is 53.9 Å². The number of nitrogens with one attached hydrogen (secondary N) is 2. The van der Waals surface area contributed by atoms with Crippen LogP contribution < -0.4 is 5.32 Å². The predicted molar refractivity (Wildman–Crippen MR) is 86.4 cm³/mol. The van der Waals surface area contributed by atoms with Gasteiger partial charge in [-0.15, -0.1) is 5.10 Å². The van der Waals surface area contributed by atoms with Gasteiger partial charge in [-0.2, -0.15) is 4.98 Å². The number of rotatable bonds is 6. The van der Waals surface area contributed by atoms with Gasteiger partial charge in [0.15, 0.2) is 5.82 Å². The van der Waals surface area contributed by atoms with E-state index in [1.807, 2.05) is 36.4 Å². The summed E-state index contributed by atoms with van der Waals surface area (Å²) in [6.45, 7) is 0.410. The minimum Gasteiger partial charge on any atom is -0.350 e. The minimum atomic E-state index is -0.0927. The molecule has 0 aliphatic heterocycles. The normalized spacial score (nSPS) is 10.4. The summed E-state index contributed by atoms with van der Waals surface area (Å²) in [6, 6.07) is 11.1. The van der Waals surface area contributed by atoms with Crippen LogP contribution >= 0.6 is 11.8 Å². The number of nitrogens with zero attached hydrogens (tertiary/aromatic N) is 4. The van der Waals surface area contributed by atoms with Gasteiger partial charge in [0, 0.05) is 12.4 Å². The molecule has 0 radical (unpaired) electrons. The molecule has 23 heavy (non-hydrogen) atoms. The second kappa shape index (κ2) is 7.50. The van der Waals surface area contributed by atoms with E-state index in [2.05, 4.69) is 30.5 Å². The highest BCUT2D eigenvalue weighted by Gasteiger charge is 2.09. The van der Waals surface area contributed by atoms with E-state index in [-0.39, 0.29) is 11.7 Å². The van der Waals surface area contributed by atoms with Crippen molar-refractivity contribution in [2.75, 3.05) is 5.75 Å². The Morgan fingerprint density at radius 2 is 1.96 bits per heavy atom. The number of amides is 1. The van der Waals surface area contributed by atoms with Crippen LogP contribution in [0.3, 0.4) is 0 Å². The molecule has 116 valence electrons. The van der Waals surface area contributed by atoms with Crippen molar-refractivity contribution in [3.8, 4) is 11.5 Å². The molecular formula is C15H14N6OS. The molecule has 1 amide bonds. The van der Waals surface area contributed by atoms with Gasteiger partial charge in [-0.25, -0.2) is 0 Å². The number of H-pyrrole nitrogens is 1. The Labute approximate surface area is 137 Å². The summed E-state index contributed by atoms with van der Waals surface area (Å²) in [4.78, 5) is 24.5. The fourth-order valence-electron chi connectivity index (χ4n) is 1.80. The first-order valence-corrected chi connectivity index (χ1v) is 7.93. The van der Waals surface area contributed by atoms with E-state index < -0.39 is 0 Å². The molecule has 0 unspecified atom stereocenters. The molecule has 0 aromatic carbocycles.